The van der Waals surface area contributed by atoms with Gasteiger partial charge in [0.05, 0.1) is 6.10 Å². The summed E-state index contributed by atoms with van der Waals surface area (Å²) < 4.78 is 0. The van der Waals surface area contributed by atoms with Gasteiger partial charge >= 0.3 is 5.97 Å². The van der Waals surface area contributed by atoms with Crippen molar-refractivity contribution in [2.45, 2.75) is 43.6 Å². The van der Waals surface area contributed by atoms with Crippen molar-refractivity contribution in [1.29, 1.82) is 0 Å². The van der Waals surface area contributed by atoms with E-state index in [4.69, 9.17) is 39.9 Å². The number of alkyl halides is 1. The zero-order chi connectivity index (χ0) is 19.1. The van der Waals surface area contributed by atoms with Crippen molar-refractivity contribution in [3.8, 4) is 0 Å². The van der Waals surface area contributed by atoms with Gasteiger partial charge in [-0.2, -0.15) is 0 Å². The second kappa shape index (κ2) is 10.4. The number of benzene rings is 1. The van der Waals surface area contributed by atoms with Crippen LogP contribution >= 0.6 is 34.8 Å². The molecule has 0 heterocycles. The largest absolute Gasteiger partial charge is 0.481 e. The third-order valence-corrected chi connectivity index (χ3v) is 5.65. The van der Waals surface area contributed by atoms with Gasteiger partial charge in [-0.3, -0.25) is 4.79 Å². The van der Waals surface area contributed by atoms with E-state index in [0.29, 0.717) is 29.4 Å². The number of carboxylic acid groups (broad SMARTS) is 1. The number of rotatable bonds is 9. The molecule has 0 aliphatic heterocycles. The van der Waals surface area contributed by atoms with E-state index in [2.05, 4.69) is 5.32 Å². The molecule has 1 aromatic rings. The van der Waals surface area contributed by atoms with Gasteiger partial charge < -0.3 is 15.5 Å². The predicted molar refractivity (Wildman–Crippen MR) is 107 cm³/mol. The molecule has 4 atom stereocenters. The summed E-state index contributed by atoms with van der Waals surface area (Å²) in [7, 11) is 0. The standard InChI is InChI=1S/C19H24Cl3NO3/c20-12-7-13(21)9-14(8-12)23-11-16-15(17(22)10-18(16)24)5-3-1-2-4-6-19(25)26/h1,3,7-9,15-18,23-24H,2,4-6,10-11H2,(H,25,26)/b3-1+/t15-,16-,17-,18-/m1/s1. The Morgan fingerprint density at radius 3 is 2.54 bits per heavy atom. The summed E-state index contributed by atoms with van der Waals surface area (Å²) in [5.74, 6) is -0.589. The molecule has 0 radical (unpaired) electrons. The molecule has 1 fully saturated rings. The molecular formula is C19H24Cl3NO3. The summed E-state index contributed by atoms with van der Waals surface area (Å²) in [6, 6.07) is 5.26. The summed E-state index contributed by atoms with van der Waals surface area (Å²) in [6.07, 6.45) is 6.47. The van der Waals surface area contributed by atoms with E-state index in [1.807, 2.05) is 12.2 Å². The Bertz CT molecular complexity index is 618. The summed E-state index contributed by atoms with van der Waals surface area (Å²) in [5, 5.41) is 23.3. The Hall–Kier alpha value is -0.940. The van der Waals surface area contributed by atoms with Crippen molar-refractivity contribution in [2.75, 3.05) is 11.9 Å². The van der Waals surface area contributed by atoms with E-state index >= 15 is 0 Å². The highest BCUT2D eigenvalue weighted by molar-refractivity contribution is 6.35. The number of allylic oxidation sites excluding steroid dienone is 2. The fourth-order valence-corrected chi connectivity index (χ4v) is 4.38. The number of carbonyl (C=O) groups is 1. The SMILES string of the molecule is O=C(O)CCC/C=C/C[C@@H]1[C@@H](CNc2cc(Cl)cc(Cl)c2)[C@H](O)C[C@H]1Cl. The zero-order valence-electron chi connectivity index (χ0n) is 14.4. The van der Waals surface area contributed by atoms with Crippen LogP contribution in [-0.4, -0.2) is 34.2 Å². The van der Waals surface area contributed by atoms with Crippen LogP contribution in [0.2, 0.25) is 10.0 Å². The first-order valence-corrected chi connectivity index (χ1v) is 9.95. The van der Waals surface area contributed by atoms with Crippen LogP contribution in [0, 0.1) is 11.8 Å². The lowest BCUT2D eigenvalue weighted by Gasteiger charge is -2.23. The number of nitrogens with one attached hydrogen (secondary N) is 1. The van der Waals surface area contributed by atoms with Crippen molar-refractivity contribution in [3.05, 3.63) is 40.4 Å². The normalized spacial score (nSPS) is 25.7. The van der Waals surface area contributed by atoms with Crippen LogP contribution in [-0.2, 0) is 4.79 Å². The number of hydrogen-bond donors (Lipinski definition) is 3. The van der Waals surface area contributed by atoms with Crippen LogP contribution in [0.15, 0.2) is 30.4 Å². The minimum atomic E-state index is -0.773. The lowest BCUT2D eigenvalue weighted by molar-refractivity contribution is -0.137. The summed E-state index contributed by atoms with van der Waals surface area (Å²) in [6.45, 7) is 0.582. The highest BCUT2D eigenvalue weighted by Crippen LogP contribution is 2.39. The maximum atomic E-state index is 10.5. The average molecular weight is 421 g/mol. The quantitative estimate of drug-likeness (QED) is 0.291. The number of hydrogen-bond acceptors (Lipinski definition) is 3. The van der Waals surface area contributed by atoms with Crippen LogP contribution in [0.3, 0.4) is 0 Å². The fraction of sp³-hybridized carbons (Fsp3) is 0.526. The molecular weight excluding hydrogens is 397 g/mol. The van der Waals surface area contributed by atoms with Crippen molar-refractivity contribution in [2.24, 2.45) is 11.8 Å². The highest BCUT2D eigenvalue weighted by Gasteiger charge is 2.40. The Morgan fingerprint density at radius 2 is 1.88 bits per heavy atom. The molecule has 0 spiro atoms. The maximum Gasteiger partial charge on any atom is 0.303 e. The smallest absolute Gasteiger partial charge is 0.303 e. The Kier molecular flexibility index (Phi) is 8.55. The molecule has 7 heteroatoms. The molecule has 2 rings (SSSR count). The van der Waals surface area contributed by atoms with Gasteiger partial charge in [-0.05, 0) is 49.8 Å². The molecule has 4 nitrogen and oxygen atoms in total. The van der Waals surface area contributed by atoms with Crippen LogP contribution in [0.25, 0.3) is 0 Å². The molecule has 144 valence electrons. The Balaban J connectivity index is 1.88. The first-order valence-electron chi connectivity index (χ1n) is 8.75. The molecule has 0 bridgehead atoms. The van der Waals surface area contributed by atoms with E-state index < -0.39 is 12.1 Å². The molecule has 0 unspecified atom stereocenters. The summed E-state index contributed by atoms with van der Waals surface area (Å²) in [4.78, 5) is 10.5. The second-order valence-corrected chi connectivity index (χ2v) is 8.11. The number of unbranched alkanes of at least 4 members (excludes halogenated alkanes) is 1. The minimum Gasteiger partial charge on any atom is -0.481 e. The first kappa shape index (κ1) is 21.4. The average Bonchev–Trinajstić information content (AvgIpc) is 2.81. The predicted octanol–water partition coefficient (Wildman–Crippen LogP) is 5.21. The lowest BCUT2D eigenvalue weighted by atomic mass is 9.91. The molecule has 0 amide bonds. The van der Waals surface area contributed by atoms with Gasteiger partial charge in [-0.15, -0.1) is 11.6 Å². The van der Waals surface area contributed by atoms with Gasteiger partial charge in [0, 0.05) is 40.0 Å². The van der Waals surface area contributed by atoms with Gasteiger partial charge in [0.25, 0.3) is 0 Å². The van der Waals surface area contributed by atoms with E-state index in [1.54, 1.807) is 18.2 Å². The molecule has 1 aliphatic carbocycles. The number of carboxylic acids is 1. The van der Waals surface area contributed by atoms with Crippen molar-refractivity contribution >= 4 is 46.5 Å². The van der Waals surface area contributed by atoms with Crippen molar-refractivity contribution in [3.63, 3.8) is 0 Å². The molecule has 0 aromatic heterocycles. The third-order valence-electron chi connectivity index (χ3n) is 4.72. The van der Waals surface area contributed by atoms with Gasteiger partial charge in [0.15, 0.2) is 0 Å². The van der Waals surface area contributed by atoms with Gasteiger partial charge in [-0.25, -0.2) is 0 Å². The van der Waals surface area contributed by atoms with Crippen LogP contribution in [0.1, 0.15) is 32.1 Å². The zero-order valence-corrected chi connectivity index (χ0v) is 16.6. The van der Waals surface area contributed by atoms with E-state index in [-0.39, 0.29) is 23.6 Å². The Labute approximate surface area is 169 Å². The maximum absolute atomic E-state index is 10.5. The second-order valence-electron chi connectivity index (χ2n) is 6.68. The number of aliphatic hydroxyl groups excluding tert-OH is 1. The van der Waals surface area contributed by atoms with E-state index in [9.17, 15) is 9.90 Å². The Morgan fingerprint density at radius 1 is 1.19 bits per heavy atom. The molecule has 0 saturated heterocycles. The molecule has 26 heavy (non-hydrogen) atoms. The molecule has 1 aromatic carbocycles. The molecule has 1 aliphatic rings. The fourth-order valence-electron chi connectivity index (χ4n) is 3.38. The number of aliphatic carboxylic acids is 1. The highest BCUT2D eigenvalue weighted by atomic mass is 35.5. The van der Waals surface area contributed by atoms with Gasteiger partial charge in [0.2, 0.25) is 0 Å². The summed E-state index contributed by atoms with van der Waals surface area (Å²) in [5.41, 5.74) is 0.815. The van der Waals surface area contributed by atoms with Crippen LogP contribution in [0.4, 0.5) is 5.69 Å². The van der Waals surface area contributed by atoms with Crippen molar-refractivity contribution < 1.29 is 15.0 Å². The van der Waals surface area contributed by atoms with E-state index in [1.165, 1.54) is 0 Å². The van der Waals surface area contributed by atoms with Crippen molar-refractivity contribution in [1.82, 2.24) is 0 Å². The van der Waals surface area contributed by atoms with E-state index in [0.717, 1.165) is 18.5 Å². The third kappa shape index (κ3) is 6.66. The summed E-state index contributed by atoms with van der Waals surface area (Å²) >= 11 is 18.5. The minimum absolute atomic E-state index is 0.0268. The topological polar surface area (TPSA) is 69.6 Å². The number of halogens is 3. The monoisotopic (exact) mass is 419 g/mol. The molecule has 1 saturated carbocycles. The van der Waals surface area contributed by atoms with Gasteiger partial charge in [-0.1, -0.05) is 35.4 Å². The van der Waals surface area contributed by atoms with Gasteiger partial charge in [0.1, 0.15) is 0 Å². The van der Waals surface area contributed by atoms with Crippen LogP contribution < -0.4 is 5.32 Å². The number of anilines is 1. The first-order chi connectivity index (χ1) is 12.4. The number of aliphatic hydroxyl groups is 1. The van der Waals surface area contributed by atoms with Crippen LogP contribution in [0.5, 0.6) is 0 Å². The molecule has 3 N–H and O–H groups in total. The lowest BCUT2D eigenvalue weighted by Crippen LogP contribution is -2.28.